The van der Waals surface area contributed by atoms with E-state index in [1.807, 2.05) is 36.4 Å². The summed E-state index contributed by atoms with van der Waals surface area (Å²) in [5, 5.41) is 0.720. The fourth-order valence-electron chi connectivity index (χ4n) is 1.21. The van der Waals surface area contributed by atoms with Crippen LogP contribution in [0.1, 0.15) is 6.42 Å². The zero-order valence-electron chi connectivity index (χ0n) is 7.61. The van der Waals surface area contributed by atoms with Gasteiger partial charge in [-0.2, -0.15) is 0 Å². The van der Waals surface area contributed by atoms with Gasteiger partial charge in [0.15, 0.2) is 0 Å². The van der Waals surface area contributed by atoms with Crippen molar-refractivity contribution in [3.8, 4) is 5.75 Å². The molecule has 0 aliphatic heterocycles. The number of halogens is 1. The summed E-state index contributed by atoms with van der Waals surface area (Å²) < 4.78 is 5.59. The molecular formula is C12H10ClO. The van der Waals surface area contributed by atoms with Gasteiger partial charge in [-0.15, -0.1) is 0 Å². The van der Waals surface area contributed by atoms with Gasteiger partial charge in [-0.3, -0.25) is 0 Å². The predicted molar refractivity (Wildman–Crippen MR) is 58.2 cm³/mol. The summed E-state index contributed by atoms with van der Waals surface area (Å²) in [7, 11) is 0. The summed E-state index contributed by atoms with van der Waals surface area (Å²) in [5.41, 5.74) is 0. The molecule has 0 fully saturated rings. The zero-order chi connectivity index (χ0) is 9.80. The van der Waals surface area contributed by atoms with Crippen molar-refractivity contribution in [1.82, 2.24) is 0 Å². The molecule has 0 aromatic heterocycles. The molecule has 2 rings (SSSR count). The lowest BCUT2D eigenvalue weighted by Gasteiger charge is -2.08. The number of ether oxygens (including phenoxy) is 1. The van der Waals surface area contributed by atoms with Gasteiger partial charge in [-0.25, -0.2) is 0 Å². The van der Waals surface area contributed by atoms with Crippen molar-refractivity contribution in [2.45, 2.75) is 6.42 Å². The molecule has 0 saturated heterocycles. The number of hydrogen-bond donors (Lipinski definition) is 0. The largest absolute Gasteiger partial charge is 0.458 e. The minimum atomic E-state index is 0.720. The van der Waals surface area contributed by atoms with E-state index in [-0.39, 0.29) is 0 Å². The first-order valence-electron chi connectivity index (χ1n) is 4.48. The van der Waals surface area contributed by atoms with Crippen molar-refractivity contribution in [3.05, 3.63) is 59.7 Å². The van der Waals surface area contributed by atoms with Crippen LogP contribution in [0.4, 0.5) is 0 Å². The molecule has 1 nitrogen and oxygen atoms in total. The quantitative estimate of drug-likeness (QED) is 0.714. The molecular weight excluding hydrogens is 196 g/mol. The van der Waals surface area contributed by atoms with Crippen molar-refractivity contribution in [1.29, 1.82) is 0 Å². The Kier molecular flexibility index (Phi) is 2.90. The molecule has 1 aliphatic carbocycles. The van der Waals surface area contributed by atoms with Crippen LogP contribution < -0.4 is 4.74 Å². The van der Waals surface area contributed by atoms with Gasteiger partial charge in [0.05, 0.1) is 0 Å². The number of hydrogen-bond acceptors (Lipinski definition) is 1. The summed E-state index contributed by atoms with van der Waals surface area (Å²) in [5.74, 6) is 1.67. The van der Waals surface area contributed by atoms with E-state index in [9.17, 15) is 0 Å². The van der Waals surface area contributed by atoms with E-state index < -0.39 is 0 Å². The van der Waals surface area contributed by atoms with Crippen molar-refractivity contribution >= 4 is 11.6 Å². The molecule has 0 spiro atoms. The molecule has 0 saturated carbocycles. The van der Waals surface area contributed by atoms with E-state index in [4.69, 9.17) is 16.3 Å². The first-order chi connectivity index (χ1) is 6.84. The maximum atomic E-state index is 5.76. The second-order valence-electron chi connectivity index (χ2n) is 3.00. The fourth-order valence-corrected chi connectivity index (χ4v) is 1.34. The van der Waals surface area contributed by atoms with Crippen LogP contribution in [0.5, 0.6) is 5.75 Å². The van der Waals surface area contributed by atoms with Gasteiger partial charge in [0, 0.05) is 5.02 Å². The van der Waals surface area contributed by atoms with Crippen LogP contribution in [-0.2, 0) is 0 Å². The van der Waals surface area contributed by atoms with Crippen LogP contribution in [0.25, 0.3) is 0 Å². The smallest absolute Gasteiger partial charge is 0.127 e. The summed E-state index contributed by atoms with van der Waals surface area (Å²) >= 11 is 5.76. The van der Waals surface area contributed by atoms with Crippen LogP contribution in [-0.4, -0.2) is 0 Å². The first kappa shape index (κ1) is 9.35. The summed E-state index contributed by atoms with van der Waals surface area (Å²) in [4.78, 5) is 0. The molecule has 1 aromatic carbocycles. The maximum Gasteiger partial charge on any atom is 0.127 e. The van der Waals surface area contributed by atoms with Crippen molar-refractivity contribution in [3.63, 3.8) is 0 Å². The minimum Gasteiger partial charge on any atom is -0.458 e. The van der Waals surface area contributed by atoms with Gasteiger partial charge < -0.3 is 4.74 Å². The number of benzene rings is 1. The maximum absolute atomic E-state index is 5.76. The fraction of sp³-hybridized carbons (Fsp3) is 0.0833. The van der Waals surface area contributed by atoms with Crippen molar-refractivity contribution in [2.75, 3.05) is 0 Å². The van der Waals surface area contributed by atoms with E-state index in [0.29, 0.717) is 0 Å². The van der Waals surface area contributed by atoms with Crippen LogP contribution in [0.2, 0.25) is 5.02 Å². The Morgan fingerprint density at radius 2 is 1.93 bits per heavy atom. The van der Waals surface area contributed by atoms with Gasteiger partial charge in [0.1, 0.15) is 11.5 Å². The Morgan fingerprint density at radius 3 is 2.57 bits per heavy atom. The molecule has 0 heterocycles. The molecule has 14 heavy (non-hydrogen) atoms. The van der Waals surface area contributed by atoms with Gasteiger partial charge in [-0.05, 0) is 49.3 Å². The Balaban J connectivity index is 2.07. The summed E-state index contributed by atoms with van der Waals surface area (Å²) in [6, 6.07) is 7.33. The van der Waals surface area contributed by atoms with E-state index in [1.165, 1.54) is 0 Å². The van der Waals surface area contributed by atoms with Crippen LogP contribution in [0, 0.1) is 6.42 Å². The molecule has 0 unspecified atom stereocenters. The molecule has 1 radical (unpaired) electrons. The number of allylic oxidation sites excluding steroid dienone is 3. The Hall–Kier alpha value is -1.21. The van der Waals surface area contributed by atoms with Crippen molar-refractivity contribution < 1.29 is 4.74 Å². The Bertz CT molecular complexity index is 362. The second-order valence-corrected chi connectivity index (χ2v) is 3.44. The van der Waals surface area contributed by atoms with Crippen LogP contribution in [0.3, 0.4) is 0 Å². The summed E-state index contributed by atoms with van der Waals surface area (Å²) in [6.07, 6.45) is 9.03. The molecule has 0 bridgehead atoms. The SMILES string of the molecule is Clc1ccc(OC2=C[CH]CC=C2)cc1. The third kappa shape index (κ3) is 2.39. The lowest BCUT2D eigenvalue weighted by molar-refractivity contribution is 0.442. The summed E-state index contributed by atoms with van der Waals surface area (Å²) in [6.45, 7) is 0. The van der Waals surface area contributed by atoms with Gasteiger partial charge in [-0.1, -0.05) is 17.7 Å². The first-order valence-corrected chi connectivity index (χ1v) is 4.86. The van der Waals surface area contributed by atoms with Gasteiger partial charge in [0.2, 0.25) is 0 Å². The van der Waals surface area contributed by atoms with E-state index in [2.05, 4.69) is 12.5 Å². The lowest BCUT2D eigenvalue weighted by Crippen LogP contribution is -1.94. The molecule has 0 N–H and O–H groups in total. The monoisotopic (exact) mass is 205 g/mol. The standard InChI is InChI=1S/C12H10ClO/c13-10-6-8-12(9-7-10)14-11-4-2-1-3-5-11/h2-9H,1H2. The third-order valence-corrected chi connectivity index (χ3v) is 2.14. The zero-order valence-corrected chi connectivity index (χ0v) is 8.37. The molecule has 0 atom stereocenters. The van der Waals surface area contributed by atoms with Crippen molar-refractivity contribution in [2.24, 2.45) is 0 Å². The highest BCUT2D eigenvalue weighted by molar-refractivity contribution is 6.30. The second kappa shape index (κ2) is 4.34. The number of rotatable bonds is 2. The Morgan fingerprint density at radius 1 is 1.14 bits per heavy atom. The van der Waals surface area contributed by atoms with E-state index in [0.717, 1.165) is 23.0 Å². The Labute approximate surface area is 88.7 Å². The molecule has 1 aromatic rings. The van der Waals surface area contributed by atoms with Gasteiger partial charge in [0.25, 0.3) is 0 Å². The highest BCUT2D eigenvalue weighted by Crippen LogP contribution is 2.19. The van der Waals surface area contributed by atoms with Gasteiger partial charge >= 0.3 is 0 Å². The molecule has 71 valence electrons. The molecule has 0 amide bonds. The van der Waals surface area contributed by atoms with E-state index in [1.54, 1.807) is 0 Å². The van der Waals surface area contributed by atoms with Crippen LogP contribution in [0.15, 0.2) is 48.3 Å². The average molecular weight is 206 g/mol. The third-order valence-electron chi connectivity index (χ3n) is 1.89. The molecule has 2 heteroatoms. The highest BCUT2D eigenvalue weighted by Gasteiger charge is 2.00. The topological polar surface area (TPSA) is 9.23 Å². The minimum absolute atomic E-state index is 0.720. The highest BCUT2D eigenvalue weighted by atomic mass is 35.5. The molecule has 1 aliphatic rings. The predicted octanol–water partition coefficient (Wildman–Crippen LogP) is 3.77. The normalized spacial score (nSPS) is 15.1. The van der Waals surface area contributed by atoms with Crippen LogP contribution >= 0.6 is 11.6 Å². The van der Waals surface area contributed by atoms with E-state index >= 15 is 0 Å². The lowest BCUT2D eigenvalue weighted by atomic mass is 10.2. The average Bonchev–Trinajstić information content (AvgIpc) is 2.23.